The Kier molecular flexibility index (Phi) is 4.77. The summed E-state index contributed by atoms with van der Waals surface area (Å²) in [6.07, 6.45) is 0. The van der Waals surface area contributed by atoms with Crippen LogP contribution < -0.4 is 5.32 Å². The minimum atomic E-state index is -0.214. The van der Waals surface area contributed by atoms with Crippen LogP contribution in [0.3, 0.4) is 0 Å². The second kappa shape index (κ2) is 7.24. The zero-order chi connectivity index (χ0) is 19.8. The van der Waals surface area contributed by atoms with Crippen LogP contribution in [0.1, 0.15) is 38.5 Å². The van der Waals surface area contributed by atoms with Gasteiger partial charge in [-0.15, -0.1) is 11.3 Å². The molecule has 0 bridgehead atoms. The monoisotopic (exact) mass is 390 g/mol. The molecule has 0 unspecified atom stereocenters. The van der Waals surface area contributed by atoms with Crippen LogP contribution in [0.2, 0.25) is 0 Å². The van der Waals surface area contributed by atoms with E-state index >= 15 is 0 Å². The molecule has 0 fully saturated rings. The highest BCUT2D eigenvalue weighted by Crippen LogP contribution is 2.28. The van der Waals surface area contributed by atoms with E-state index in [1.165, 1.54) is 11.1 Å². The van der Waals surface area contributed by atoms with Gasteiger partial charge in [-0.05, 0) is 51.0 Å². The molecule has 1 N–H and O–H groups in total. The average Bonchev–Trinajstić information content (AvgIpc) is 3.27. The number of hydrogen-bond acceptors (Lipinski definition) is 4. The lowest BCUT2D eigenvalue weighted by molar-refractivity contribution is 0.0924. The van der Waals surface area contributed by atoms with Gasteiger partial charge in [0.05, 0.1) is 12.2 Å². The molecule has 28 heavy (non-hydrogen) atoms. The fourth-order valence-electron chi connectivity index (χ4n) is 3.16. The van der Waals surface area contributed by atoms with E-state index in [1.54, 1.807) is 11.3 Å². The molecule has 2 heterocycles. The number of rotatable bonds is 4. The van der Waals surface area contributed by atoms with Crippen molar-refractivity contribution in [3.63, 3.8) is 0 Å². The Morgan fingerprint density at radius 1 is 1.07 bits per heavy atom. The van der Waals surface area contributed by atoms with Crippen LogP contribution in [-0.2, 0) is 6.54 Å². The molecule has 2 aromatic carbocycles. The van der Waals surface area contributed by atoms with E-state index in [2.05, 4.69) is 54.5 Å². The fraction of sp³-hybridized carbons (Fsp3) is 0.217. The second-order valence-corrected chi connectivity index (χ2v) is 8.04. The maximum atomic E-state index is 12.7. The molecule has 4 aromatic rings. The van der Waals surface area contributed by atoms with E-state index in [1.807, 2.05) is 25.3 Å². The zero-order valence-electron chi connectivity index (χ0n) is 16.4. The van der Waals surface area contributed by atoms with Gasteiger partial charge in [-0.25, -0.2) is 4.98 Å². The maximum Gasteiger partial charge on any atom is 0.287 e. The molecule has 4 rings (SSSR count). The molecule has 0 aliphatic heterocycles. The van der Waals surface area contributed by atoms with E-state index in [4.69, 9.17) is 4.42 Å². The van der Waals surface area contributed by atoms with E-state index in [0.717, 1.165) is 38.4 Å². The standard InChI is InChI=1S/C23H22N2O2S/c1-13-5-7-17(8-6-13)23-25-18(12-28-23)11-24-22(26)21-16(4)19-9-14(2)15(3)10-20(19)27-21/h5-10,12H,11H2,1-4H3,(H,24,26). The smallest absolute Gasteiger partial charge is 0.287 e. The van der Waals surface area contributed by atoms with Crippen LogP contribution in [0, 0.1) is 27.7 Å². The van der Waals surface area contributed by atoms with Gasteiger partial charge in [0, 0.05) is 21.9 Å². The Bertz CT molecular complexity index is 1170. The Labute approximate surface area is 168 Å². The molecule has 0 saturated heterocycles. The minimum Gasteiger partial charge on any atom is -0.451 e. The summed E-state index contributed by atoms with van der Waals surface area (Å²) < 4.78 is 5.84. The van der Waals surface area contributed by atoms with Gasteiger partial charge >= 0.3 is 0 Å². The van der Waals surface area contributed by atoms with E-state index in [0.29, 0.717) is 12.3 Å². The normalized spacial score (nSPS) is 11.1. The van der Waals surface area contributed by atoms with Crippen molar-refractivity contribution in [3.8, 4) is 10.6 Å². The molecule has 142 valence electrons. The van der Waals surface area contributed by atoms with Crippen molar-refractivity contribution in [2.45, 2.75) is 34.2 Å². The molecule has 0 saturated carbocycles. The highest BCUT2D eigenvalue weighted by Gasteiger charge is 2.18. The molecule has 0 aliphatic rings. The first kappa shape index (κ1) is 18.4. The summed E-state index contributed by atoms with van der Waals surface area (Å²) in [6.45, 7) is 8.47. The molecule has 0 spiro atoms. The summed E-state index contributed by atoms with van der Waals surface area (Å²) >= 11 is 1.58. The number of fused-ring (bicyclic) bond motifs is 1. The van der Waals surface area contributed by atoms with E-state index < -0.39 is 0 Å². The van der Waals surface area contributed by atoms with Crippen LogP contribution in [0.15, 0.2) is 46.2 Å². The first-order valence-corrected chi connectivity index (χ1v) is 10.1. The van der Waals surface area contributed by atoms with Gasteiger partial charge in [-0.3, -0.25) is 4.79 Å². The van der Waals surface area contributed by atoms with Crippen molar-refractivity contribution in [1.82, 2.24) is 10.3 Å². The zero-order valence-corrected chi connectivity index (χ0v) is 17.2. The largest absolute Gasteiger partial charge is 0.451 e. The molecule has 4 nitrogen and oxygen atoms in total. The Morgan fingerprint density at radius 3 is 2.54 bits per heavy atom. The number of furan rings is 1. The quantitative estimate of drug-likeness (QED) is 0.485. The van der Waals surface area contributed by atoms with Gasteiger partial charge in [0.25, 0.3) is 5.91 Å². The SMILES string of the molecule is Cc1ccc(-c2nc(CNC(=O)c3oc4cc(C)c(C)cc4c3C)cs2)cc1. The Morgan fingerprint density at radius 2 is 1.79 bits per heavy atom. The number of hydrogen-bond donors (Lipinski definition) is 1. The number of nitrogens with zero attached hydrogens (tertiary/aromatic N) is 1. The van der Waals surface area contributed by atoms with Crippen molar-refractivity contribution < 1.29 is 9.21 Å². The third kappa shape index (κ3) is 3.45. The number of amides is 1. The molecule has 5 heteroatoms. The van der Waals surface area contributed by atoms with Crippen molar-refractivity contribution in [2.24, 2.45) is 0 Å². The summed E-state index contributed by atoms with van der Waals surface area (Å²) in [7, 11) is 0. The highest BCUT2D eigenvalue weighted by atomic mass is 32.1. The maximum absolute atomic E-state index is 12.7. The van der Waals surface area contributed by atoms with Gasteiger partial charge in [0.2, 0.25) is 0 Å². The summed E-state index contributed by atoms with van der Waals surface area (Å²) in [5.74, 6) is 0.155. The average molecular weight is 391 g/mol. The van der Waals surface area contributed by atoms with Gasteiger partial charge in [0.15, 0.2) is 5.76 Å². The van der Waals surface area contributed by atoms with Crippen LogP contribution in [0.4, 0.5) is 0 Å². The summed E-state index contributed by atoms with van der Waals surface area (Å²) in [5, 5.41) is 6.85. The molecular weight excluding hydrogens is 368 g/mol. The third-order valence-electron chi connectivity index (χ3n) is 5.04. The van der Waals surface area contributed by atoms with Gasteiger partial charge in [-0.1, -0.05) is 29.8 Å². The lowest BCUT2D eigenvalue weighted by Gasteiger charge is -2.01. The molecule has 0 radical (unpaired) electrons. The Balaban J connectivity index is 1.50. The second-order valence-electron chi connectivity index (χ2n) is 7.18. The van der Waals surface area contributed by atoms with Gasteiger partial charge in [-0.2, -0.15) is 0 Å². The number of benzene rings is 2. The summed E-state index contributed by atoms with van der Waals surface area (Å²) in [5.41, 5.74) is 7.12. The first-order valence-electron chi connectivity index (χ1n) is 9.22. The van der Waals surface area contributed by atoms with E-state index in [-0.39, 0.29) is 5.91 Å². The number of aryl methyl sites for hydroxylation is 4. The molecule has 0 atom stereocenters. The van der Waals surface area contributed by atoms with Crippen molar-refractivity contribution in [2.75, 3.05) is 0 Å². The van der Waals surface area contributed by atoms with Crippen molar-refractivity contribution in [1.29, 1.82) is 0 Å². The van der Waals surface area contributed by atoms with Crippen LogP contribution in [-0.4, -0.2) is 10.9 Å². The van der Waals surface area contributed by atoms with Crippen LogP contribution in [0.25, 0.3) is 21.5 Å². The molecular formula is C23H22N2O2S. The summed E-state index contributed by atoms with van der Waals surface area (Å²) in [6, 6.07) is 12.4. The van der Waals surface area contributed by atoms with Crippen LogP contribution in [0.5, 0.6) is 0 Å². The lowest BCUT2D eigenvalue weighted by Crippen LogP contribution is -2.23. The number of nitrogens with one attached hydrogen (secondary N) is 1. The third-order valence-corrected chi connectivity index (χ3v) is 5.98. The predicted octanol–water partition coefficient (Wildman–Crippen LogP) is 5.72. The van der Waals surface area contributed by atoms with E-state index in [9.17, 15) is 4.79 Å². The predicted molar refractivity (Wildman–Crippen MR) is 114 cm³/mol. The van der Waals surface area contributed by atoms with Crippen molar-refractivity contribution in [3.05, 3.63) is 75.5 Å². The highest BCUT2D eigenvalue weighted by molar-refractivity contribution is 7.13. The Hall–Kier alpha value is -2.92. The molecule has 1 amide bonds. The van der Waals surface area contributed by atoms with Crippen LogP contribution >= 0.6 is 11.3 Å². The minimum absolute atomic E-state index is 0.214. The van der Waals surface area contributed by atoms with Gasteiger partial charge in [0.1, 0.15) is 10.6 Å². The number of carbonyl (C=O) groups is 1. The topological polar surface area (TPSA) is 55.1 Å². The summed E-state index contributed by atoms with van der Waals surface area (Å²) in [4.78, 5) is 17.3. The number of aromatic nitrogens is 1. The molecule has 2 aromatic heterocycles. The fourth-order valence-corrected chi connectivity index (χ4v) is 3.99. The van der Waals surface area contributed by atoms with Crippen molar-refractivity contribution >= 4 is 28.2 Å². The lowest BCUT2D eigenvalue weighted by atomic mass is 10.1. The molecule has 0 aliphatic carbocycles. The van der Waals surface area contributed by atoms with Gasteiger partial charge < -0.3 is 9.73 Å². The number of thiazole rings is 1. The number of carbonyl (C=O) groups excluding carboxylic acids is 1. The first-order chi connectivity index (χ1) is 13.4.